The number of hydrogen-bond acceptors (Lipinski definition) is 6. The van der Waals surface area contributed by atoms with E-state index in [4.69, 9.17) is 4.42 Å². The van der Waals surface area contributed by atoms with Gasteiger partial charge < -0.3 is 9.40 Å². The SMILES string of the molecule is CCCC(c1nnnn1C1CCCCC1)N(Cc1ccco1)Cc1cc2cc(CC)ccc2[nH]c1=O. The van der Waals surface area contributed by atoms with Gasteiger partial charge in [0.15, 0.2) is 5.82 Å². The minimum atomic E-state index is -0.0571. The van der Waals surface area contributed by atoms with Gasteiger partial charge in [-0.2, -0.15) is 0 Å². The van der Waals surface area contributed by atoms with Gasteiger partial charge in [-0.15, -0.1) is 5.10 Å². The summed E-state index contributed by atoms with van der Waals surface area (Å²) in [5, 5.41) is 14.2. The first-order valence-corrected chi connectivity index (χ1v) is 13.3. The number of tetrazole rings is 1. The molecule has 1 fully saturated rings. The zero-order valence-electron chi connectivity index (χ0n) is 21.3. The van der Waals surface area contributed by atoms with Gasteiger partial charge >= 0.3 is 0 Å². The maximum atomic E-state index is 13.2. The van der Waals surface area contributed by atoms with Crippen LogP contribution in [0.1, 0.15) is 93.6 Å². The van der Waals surface area contributed by atoms with E-state index in [9.17, 15) is 4.79 Å². The number of hydrogen-bond donors (Lipinski definition) is 1. The molecule has 1 aliphatic carbocycles. The first-order chi connectivity index (χ1) is 17.7. The third kappa shape index (κ3) is 5.28. The van der Waals surface area contributed by atoms with Crippen LogP contribution in [-0.4, -0.2) is 30.1 Å². The van der Waals surface area contributed by atoms with Gasteiger partial charge in [-0.25, -0.2) is 4.68 Å². The zero-order valence-corrected chi connectivity index (χ0v) is 21.3. The monoisotopic (exact) mass is 488 g/mol. The van der Waals surface area contributed by atoms with Gasteiger partial charge in [-0.1, -0.05) is 45.6 Å². The van der Waals surface area contributed by atoms with Gasteiger partial charge in [0.05, 0.1) is 24.9 Å². The molecule has 4 aromatic rings. The molecule has 1 aliphatic rings. The smallest absolute Gasteiger partial charge is 0.252 e. The molecule has 190 valence electrons. The Morgan fingerprint density at radius 3 is 2.75 bits per heavy atom. The van der Waals surface area contributed by atoms with Crippen LogP contribution in [0.15, 0.2) is 51.9 Å². The van der Waals surface area contributed by atoms with Crippen molar-refractivity contribution in [2.24, 2.45) is 0 Å². The Morgan fingerprint density at radius 2 is 2.00 bits per heavy atom. The number of rotatable bonds is 10. The lowest BCUT2D eigenvalue weighted by Crippen LogP contribution is -2.33. The van der Waals surface area contributed by atoms with Crippen LogP contribution in [0.5, 0.6) is 0 Å². The van der Waals surface area contributed by atoms with Crippen LogP contribution in [0, 0.1) is 0 Å². The lowest BCUT2D eigenvalue weighted by molar-refractivity contribution is 0.139. The fraction of sp³-hybridized carbons (Fsp3) is 0.500. The summed E-state index contributed by atoms with van der Waals surface area (Å²) in [6.07, 6.45) is 10.4. The molecular formula is C28H36N6O2. The van der Waals surface area contributed by atoms with Gasteiger partial charge in [-0.05, 0) is 77.4 Å². The molecule has 36 heavy (non-hydrogen) atoms. The highest BCUT2D eigenvalue weighted by Gasteiger charge is 2.30. The van der Waals surface area contributed by atoms with Crippen LogP contribution in [0.2, 0.25) is 0 Å². The van der Waals surface area contributed by atoms with E-state index in [0.717, 1.165) is 60.2 Å². The Labute approximate surface area is 211 Å². The fourth-order valence-electron chi connectivity index (χ4n) is 5.49. The van der Waals surface area contributed by atoms with Gasteiger partial charge in [0.25, 0.3) is 5.56 Å². The van der Waals surface area contributed by atoms with E-state index in [2.05, 4.69) is 56.1 Å². The summed E-state index contributed by atoms with van der Waals surface area (Å²) in [5.74, 6) is 1.75. The number of pyridine rings is 1. The van der Waals surface area contributed by atoms with Crippen molar-refractivity contribution in [3.05, 3.63) is 75.7 Å². The lowest BCUT2D eigenvalue weighted by Gasteiger charge is -2.32. The predicted octanol–water partition coefficient (Wildman–Crippen LogP) is 5.72. The van der Waals surface area contributed by atoms with Gasteiger partial charge in [0, 0.05) is 17.6 Å². The summed E-state index contributed by atoms with van der Waals surface area (Å²) in [6, 6.07) is 12.5. The van der Waals surface area contributed by atoms with Crippen molar-refractivity contribution in [2.45, 2.75) is 90.4 Å². The Balaban J connectivity index is 1.53. The molecule has 1 saturated carbocycles. The first kappa shape index (κ1) is 24.4. The highest BCUT2D eigenvalue weighted by Crippen LogP contribution is 2.33. The molecular weight excluding hydrogens is 452 g/mol. The molecule has 3 aromatic heterocycles. The molecule has 0 amide bonds. The second-order valence-electron chi connectivity index (χ2n) is 9.96. The molecule has 1 N–H and O–H groups in total. The summed E-state index contributed by atoms with van der Waals surface area (Å²) in [4.78, 5) is 18.5. The van der Waals surface area contributed by atoms with Crippen molar-refractivity contribution in [2.75, 3.05) is 0 Å². The van der Waals surface area contributed by atoms with Gasteiger partial charge in [0.1, 0.15) is 5.76 Å². The largest absolute Gasteiger partial charge is 0.468 e. The minimum Gasteiger partial charge on any atom is -0.468 e. The molecule has 8 nitrogen and oxygen atoms in total. The Kier molecular flexibility index (Phi) is 7.60. The van der Waals surface area contributed by atoms with Crippen molar-refractivity contribution in [1.29, 1.82) is 0 Å². The van der Waals surface area contributed by atoms with Crippen LogP contribution in [-0.2, 0) is 19.5 Å². The van der Waals surface area contributed by atoms with Crippen LogP contribution >= 0.6 is 0 Å². The van der Waals surface area contributed by atoms with E-state index in [1.165, 1.54) is 24.8 Å². The molecule has 1 aromatic carbocycles. The summed E-state index contributed by atoms with van der Waals surface area (Å²) in [7, 11) is 0. The van der Waals surface area contributed by atoms with E-state index in [0.29, 0.717) is 19.1 Å². The van der Waals surface area contributed by atoms with E-state index in [1.54, 1.807) is 6.26 Å². The standard InChI is InChI=1S/C28H36N6O2/c1-3-9-26(27-30-31-32-34(27)23-10-6-5-7-11-23)33(19-24-12-8-15-36-24)18-22-17-21-16-20(4-2)13-14-25(21)29-28(22)35/h8,12-17,23,26H,3-7,9-11,18-19H2,1-2H3,(H,29,35). The quantitative estimate of drug-likeness (QED) is 0.307. The maximum absolute atomic E-state index is 13.2. The average Bonchev–Trinajstić information content (AvgIpc) is 3.60. The molecule has 3 heterocycles. The number of aryl methyl sites for hydroxylation is 1. The van der Waals surface area contributed by atoms with Crippen molar-refractivity contribution in [3.63, 3.8) is 0 Å². The zero-order chi connectivity index (χ0) is 24.9. The van der Waals surface area contributed by atoms with Crippen LogP contribution in [0.3, 0.4) is 0 Å². The Morgan fingerprint density at radius 1 is 1.14 bits per heavy atom. The number of H-pyrrole nitrogens is 1. The molecule has 0 aliphatic heterocycles. The summed E-state index contributed by atoms with van der Waals surface area (Å²) >= 11 is 0. The predicted molar refractivity (Wildman–Crippen MR) is 139 cm³/mol. The number of fused-ring (bicyclic) bond motifs is 1. The maximum Gasteiger partial charge on any atom is 0.252 e. The summed E-state index contributed by atoms with van der Waals surface area (Å²) in [6.45, 7) is 5.37. The molecule has 0 bridgehead atoms. The highest BCUT2D eigenvalue weighted by atomic mass is 16.3. The second kappa shape index (κ2) is 11.2. The molecule has 5 rings (SSSR count). The van der Waals surface area contributed by atoms with Crippen molar-refractivity contribution >= 4 is 10.9 Å². The number of furan rings is 1. The minimum absolute atomic E-state index is 0.0332. The highest BCUT2D eigenvalue weighted by molar-refractivity contribution is 5.79. The number of nitrogens with one attached hydrogen (secondary N) is 1. The second-order valence-corrected chi connectivity index (χ2v) is 9.96. The van der Waals surface area contributed by atoms with Crippen LogP contribution < -0.4 is 5.56 Å². The third-order valence-electron chi connectivity index (χ3n) is 7.45. The van der Waals surface area contributed by atoms with Crippen LogP contribution in [0.25, 0.3) is 10.9 Å². The average molecular weight is 489 g/mol. The van der Waals surface area contributed by atoms with E-state index < -0.39 is 0 Å². The Bertz CT molecular complexity index is 1320. The molecule has 1 unspecified atom stereocenters. The number of aromatic amines is 1. The number of aromatic nitrogens is 5. The summed E-state index contributed by atoms with van der Waals surface area (Å²) < 4.78 is 7.80. The van der Waals surface area contributed by atoms with E-state index in [-0.39, 0.29) is 11.6 Å². The number of nitrogens with zero attached hydrogens (tertiary/aromatic N) is 5. The normalized spacial score (nSPS) is 15.6. The lowest BCUT2D eigenvalue weighted by atomic mass is 9.95. The van der Waals surface area contributed by atoms with Crippen molar-refractivity contribution in [3.8, 4) is 0 Å². The molecule has 1 atom stereocenters. The first-order valence-electron chi connectivity index (χ1n) is 13.3. The molecule has 0 spiro atoms. The third-order valence-corrected chi connectivity index (χ3v) is 7.45. The molecule has 0 saturated heterocycles. The van der Waals surface area contributed by atoms with Crippen LogP contribution in [0.4, 0.5) is 0 Å². The summed E-state index contributed by atoms with van der Waals surface area (Å²) in [5.41, 5.74) is 2.80. The van der Waals surface area contributed by atoms with E-state index in [1.807, 2.05) is 24.3 Å². The van der Waals surface area contributed by atoms with E-state index >= 15 is 0 Å². The Hall–Kier alpha value is -3.26. The fourth-order valence-corrected chi connectivity index (χ4v) is 5.49. The molecule has 0 radical (unpaired) electrons. The van der Waals surface area contributed by atoms with Gasteiger partial charge in [0.2, 0.25) is 0 Å². The van der Waals surface area contributed by atoms with Crippen molar-refractivity contribution in [1.82, 2.24) is 30.1 Å². The van der Waals surface area contributed by atoms with Crippen molar-refractivity contribution < 1.29 is 4.42 Å². The number of benzene rings is 1. The topological polar surface area (TPSA) is 92.8 Å². The van der Waals surface area contributed by atoms with Gasteiger partial charge in [-0.3, -0.25) is 9.69 Å². The molecule has 8 heteroatoms.